The number of halogens is 1. The van der Waals surface area contributed by atoms with E-state index in [9.17, 15) is 9.18 Å². The van der Waals surface area contributed by atoms with Crippen molar-refractivity contribution in [2.45, 2.75) is 26.2 Å². The van der Waals surface area contributed by atoms with Gasteiger partial charge in [0.15, 0.2) is 0 Å². The average molecular weight is 360 g/mol. The molecule has 0 aliphatic carbocycles. The molecule has 0 saturated heterocycles. The van der Waals surface area contributed by atoms with E-state index in [1.54, 1.807) is 25.4 Å². The molecule has 0 unspecified atom stereocenters. The molecule has 0 radical (unpaired) electrons. The van der Waals surface area contributed by atoms with Crippen LogP contribution in [0.25, 0.3) is 11.1 Å². The van der Waals surface area contributed by atoms with Crippen molar-refractivity contribution in [1.29, 1.82) is 0 Å². The van der Waals surface area contributed by atoms with Gasteiger partial charge in [-0.05, 0) is 77.9 Å². The highest BCUT2D eigenvalue weighted by atomic mass is 19.1. The Labute approximate surface area is 158 Å². The quantitative estimate of drug-likeness (QED) is 0.675. The zero-order chi connectivity index (χ0) is 18.8. The highest BCUT2D eigenvalue weighted by Gasteiger charge is 2.24. The van der Waals surface area contributed by atoms with E-state index in [0.717, 1.165) is 28.8 Å². The van der Waals surface area contributed by atoms with Crippen LogP contribution in [0.1, 0.15) is 23.1 Å². The largest absolute Gasteiger partial charge is 0.312 e. The third kappa shape index (κ3) is 3.61. The van der Waals surface area contributed by atoms with Crippen LogP contribution in [0.15, 0.2) is 60.9 Å². The first kappa shape index (κ1) is 17.4. The second kappa shape index (κ2) is 7.31. The fourth-order valence-corrected chi connectivity index (χ4v) is 3.56. The third-order valence-electron chi connectivity index (χ3n) is 5.15. The van der Waals surface area contributed by atoms with Crippen molar-refractivity contribution in [2.24, 2.45) is 0 Å². The Morgan fingerprint density at radius 1 is 1.07 bits per heavy atom. The molecule has 1 aromatic heterocycles. The summed E-state index contributed by atoms with van der Waals surface area (Å²) in [6.45, 7) is 2.45. The summed E-state index contributed by atoms with van der Waals surface area (Å²) in [6, 6.07) is 15.4. The molecule has 1 aliphatic rings. The molecule has 3 nitrogen and oxygen atoms in total. The fourth-order valence-electron chi connectivity index (χ4n) is 3.56. The minimum Gasteiger partial charge on any atom is -0.312 e. The molecular weight excluding hydrogens is 339 g/mol. The second-order valence-electron chi connectivity index (χ2n) is 6.96. The van der Waals surface area contributed by atoms with Gasteiger partial charge in [0.2, 0.25) is 5.91 Å². The molecule has 27 heavy (non-hydrogen) atoms. The summed E-state index contributed by atoms with van der Waals surface area (Å²) in [6.07, 6.45) is 5.36. The van der Waals surface area contributed by atoms with Crippen LogP contribution in [0.5, 0.6) is 0 Å². The molecule has 0 spiro atoms. The molecule has 0 fully saturated rings. The highest BCUT2D eigenvalue weighted by Crippen LogP contribution is 2.32. The van der Waals surface area contributed by atoms with Gasteiger partial charge in [0.05, 0.1) is 0 Å². The number of aromatic nitrogens is 1. The lowest BCUT2D eigenvalue weighted by atomic mass is 10.0. The van der Waals surface area contributed by atoms with E-state index in [4.69, 9.17) is 0 Å². The summed E-state index contributed by atoms with van der Waals surface area (Å²) < 4.78 is 13.7. The van der Waals surface area contributed by atoms with E-state index in [0.29, 0.717) is 24.9 Å². The summed E-state index contributed by atoms with van der Waals surface area (Å²) in [5.41, 5.74) is 5.94. The predicted molar refractivity (Wildman–Crippen MR) is 105 cm³/mol. The van der Waals surface area contributed by atoms with Gasteiger partial charge in [-0.1, -0.05) is 18.2 Å². The molecule has 136 valence electrons. The Bertz CT molecular complexity index is 985. The van der Waals surface area contributed by atoms with E-state index in [1.165, 1.54) is 11.6 Å². The molecule has 2 heterocycles. The standard InChI is InChI=1S/C23H21FN2O/c1-16-2-3-17(14-21(16)24)4-7-23(27)26-13-10-20-15-19(5-6-22(20)26)18-8-11-25-12-9-18/h2-3,5-6,8-9,11-12,14-15H,4,7,10,13H2,1H3. The Hall–Kier alpha value is -3.01. The van der Waals surface area contributed by atoms with Crippen LogP contribution in [-0.4, -0.2) is 17.4 Å². The topological polar surface area (TPSA) is 33.2 Å². The minimum atomic E-state index is -0.213. The minimum absolute atomic E-state index is 0.0893. The monoisotopic (exact) mass is 360 g/mol. The van der Waals surface area contributed by atoms with Crippen molar-refractivity contribution in [1.82, 2.24) is 4.98 Å². The summed E-state index contributed by atoms with van der Waals surface area (Å²) in [5.74, 6) is -0.124. The molecule has 4 heteroatoms. The first-order valence-corrected chi connectivity index (χ1v) is 9.20. The first-order chi connectivity index (χ1) is 13.1. The van der Waals surface area contributed by atoms with Gasteiger partial charge in [-0.3, -0.25) is 9.78 Å². The molecule has 4 rings (SSSR count). The predicted octanol–water partition coefficient (Wildman–Crippen LogP) is 4.72. The molecule has 3 aromatic rings. The molecule has 1 aliphatic heterocycles. The number of benzene rings is 2. The lowest BCUT2D eigenvalue weighted by Gasteiger charge is -2.18. The summed E-state index contributed by atoms with van der Waals surface area (Å²) in [5, 5.41) is 0. The first-order valence-electron chi connectivity index (χ1n) is 9.20. The van der Waals surface area contributed by atoms with Gasteiger partial charge in [-0.15, -0.1) is 0 Å². The molecular formula is C23H21FN2O. The van der Waals surface area contributed by atoms with Crippen LogP contribution >= 0.6 is 0 Å². The second-order valence-corrected chi connectivity index (χ2v) is 6.96. The Morgan fingerprint density at radius 2 is 1.89 bits per heavy atom. The van der Waals surface area contributed by atoms with Crippen molar-refractivity contribution in [3.8, 4) is 11.1 Å². The smallest absolute Gasteiger partial charge is 0.227 e. The molecule has 2 aromatic carbocycles. The van der Waals surface area contributed by atoms with Crippen LogP contribution in [-0.2, 0) is 17.6 Å². The van der Waals surface area contributed by atoms with Gasteiger partial charge in [-0.2, -0.15) is 0 Å². The number of hydrogen-bond acceptors (Lipinski definition) is 2. The lowest BCUT2D eigenvalue weighted by molar-refractivity contribution is -0.118. The van der Waals surface area contributed by atoms with Gasteiger partial charge in [-0.25, -0.2) is 4.39 Å². The van der Waals surface area contributed by atoms with Gasteiger partial charge < -0.3 is 4.90 Å². The molecule has 0 N–H and O–H groups in total. The Kier molecular flexibility index (Phi) is 4.71. The van der Waals surface area contributed by atoms with Crippen molar-refractivity contribution < 1.29 is 9.18 Å². The average Bonchev–Trinajstić information content (AvgIpc) is 3.12. The normalized spacial score (nSPS) is 12.9. The summed E-state index contributed by atoms with van der Waals surface area (Å²) in [4.78, 5) is 18.6. The number of pyridine rings is 1. The number of nitrogens with zero attached hydrogens (tertiary/aromatic N) is 2. The van der Waals surface area contributed by atoms with Gasteiger partial charge in [0.25, 0.3) is 0 Å². The zero-order valence-corrected chi connectivity index (χ0v) is 15.3. The number of fused-ring (bicyclic) bond motifs is 1. The third-order valence-corrected chi connectivity index (χ3v) is 5.15. The number of anilines is 1. The van der Waals surface area contributed by atoms with Crippen LogP contribution in [0, 0.1) is 12.7 Å². The SMILES string of the molecule is Cc1ccc(CCC(=O)N2CCc3cc(-c4ccncc4)ccc32)cc1F. The van der Waals surface area contributed by atoms with E-state index in [2.05, 4.69) is 17.1 Å². The van der Waals surface area contributed by atoms with Gasteiger partial charge >= 0.3 is 0 Å². The maximum absolute atomic E-state index is 13.7. The van der Waals surface area contributed by atoms with Crippen LogP contribution in [0.2, 0.25) is 0 Å². The lowest BCUT2D eigenvalue weighted by Crippen LogP contribution is -2.29. The zero-order valence-electron chi connectivity index (χ0n) is 15.3. The number of aryl methyl sites for hydroxylation is 2. The van der Waals surface area contributed by atoms with Crippen molar-refractivity contribution in [2.75, 3.05) is 11.4 Å². The number of rotatable bonds is 4. The maximum atomic E-state index is 13.7. The maximum Gasteiger partial charge on any atom is 0.227 e. The number of hydrogen-bond donors (Lipinski definition) is 0. The van der Waals surface area contributed by atoms with Crippen molar-refractivity contribution >= 4 is 11.6 Å². The number of carbonyl (C=O) groups is 1. The van der Waals surface area contributed by atoms with E-state index < -0.39 is 0 Å². The van der Waals surface area contributed by atoms with Gasteiger partial charge in [0.1, 0.15) is 5.82 Å². The van der Waals surface area contributed by atoms with Gasteiger partial charge in [0, 0.05) is 31.0 Å². The van der Waals surface area contributed by atoms with Crippen molar-refractivity contribution in [3.05, 3.63) is 83.4 Å². The summed E-state index contributed by atoms with van der Waals surface area (Å²) in [7, 11) is 0. The molecule has 1 amide bonds. The van der Waals surface area contributed by atoms with Crippen molar-refractivity contribution in [3.63, 3.8) is 0 Å². The van der Waals surface area contributed by atoms with Crippen LogP contribution < -0.4 is 4.90 Å². The summed E-state index contributed by atoms with van der Waals surface area (Å²) >= 11 is 0. The molecule has 0 saturated carbocycles. The fraction of sp³-hybridized carbons (Fsp3) is 0.217. The Balaban J connectivity index is 1.47. The number of amides is 1. The molecule has 0 bridgehead atoms. The number of carbonyl (C=O) groups excluding carboxylic acids is 1. The Morgan fingerprint density at radius 3 is 2.67 bits per heavy atom. The van der Waals surface area contributed by atoms with Crippen LogP contribution in [0.4, 0.5) is 10.1 Å². The van der Waals surface area contributed by atoms with E-state index >= 15 is 0 Å². The van der Waals surface area contributed by atoms with E-state index in [1.807, 2.05) is 29.2 Å². The van der Waals surface area contributed by atoms with E-state index in [-0.39, 0.29) is 11.7 Å². The molecule has 0 atom stereocenters. The highest BCUT2D eigenvalue weighted by molar-refractivity contribution is 5.96. The van der Waals surface area contributed by atoms with Crippen LogP contribution in [0.3, 0.4) is 0 Å².